The van der Waals surface area contributed by atoms with Gasteiger partial charge in [0.25, 0.3) is 11.2 Å². The molecule has 0 unspecified atom stereocenters. The Labute approximate surface area is 170 Å². The highest BCUT2D eigenvalue weighted by Crippen LogP contribution is 2.42. The lowest BCUT2D eigenvalue weighted by Gasteiger charge is -2.36. The number of non-ortho nitro benzene ring substituents is 1. The summed E-state index contributed by atoms with van der Waals surface area (Å²) >= 11 is 1.29. The maximum Gasteiger partial charge on any atom is 0.270 e. The van der Waals surface area contributed by atoms with E-state index in [2.05, 4.69) is 10.4 Å². The zero-order valence-corrected chi connectivity index (χ0v) is 17.0. The number of aromatic amines is 1. The maximum absolute atomic E-state index is 12.9. The van der Waals surface area contributed by atoms with Crippen LogP contribution < -0.4 is 10.9 Å². The van der Waals surface area contributed by atoms with Gasteiger partial charge < -0.3 is 10.1 Å². The van der Waals surface area contributed by atoms with Gasteiger partial charge in [-0.25, -0.2) is 0 Å². The van der Waals surface area contributed by atoms with Gasteiger partial charge in [-0.2, -0.15) is 0 Å². The minimum Gasteiger partial charge on any atom is -0.375 e. The molecule has 0 aliphatic carbocycles. The number of nitro groups is 1. The Bertz CT molecular complexity index is 1030. The third-order valence-electron chi connectivity index (χ3n) is 5.28. The van der Waals surface area contributed by atoms with Crippen LogP contribution in [0, 0.1) is 10.1 Å². The van der Waals surface area contributed by atoms with Crippen LogP contribution in [-0.4, -0.2) is 38.6 Å². The number of benzene rings is 1. The summed E-state index contributed by atoms with van der Waals surface area (Å²) in [6, 6.07) is 6.20. The molecule has 3 heterocycles. The van der Waals surface area contributed by atoms with Gasteiger partial charge >= 0.3 is 0 Å². The molecular formula is C19H22N4O5S. The fourth-order valence-corrected chi connectivity index (χ4v) is 5.12. The van der Waals surface area contributed by atoms with Crippen LogP contribution in [0.5, 0.6) is 0 Å². The van der Waals surface area contributed by atoms with Gasteiger partial charge in [-0.05, 0) is 32.3 Å². The van der Waals surface area contributed by atoms with Crippen LogP contribution in [0.1, 0.15) is 49.1 Å². The SMILES string of the molecule is CC1(C)C[C@@H](n2[nH]c(=O)c3c2NC(=O)CS[C@H]3c2cccc([N+](=O)[O-])c2)CCO1. The van der Waals surface area contributed by atoms with E-state index < -0.39 is 10.2 Å². The molecule has 1 amide bonds. The first-order valence-electron chi connectivity index (χ1n) is 9.39. The number of H-pyrrole nitrogens is 1. The van der Waals surface area contributed by atoms with E-state index in [1.54, 1.807) is 16.8 Å². The number of hydrogen-bond donors (Lipinski definition) is 2. The third kappa shape index (κ3) is 3.82. The molecule has 9 nitrogen and oxygen atoms in total. The first-order valence-corrected chi connectivity index (χ1v) is 10.4. The molecule has 2 aliphatic rings. The van der Waals surface area contributed by atoms with E-state index in [1.165, 1.54) is 23.9 Å². The zero-order valence-electron chi connectivity index (χ0n) is 16.1. The van der Waals surface area contributed by atoms with Crippen molar-refractivity contribution < 1.29 is 14.5 Å². The number of rotatable bonds is 3. The molecule has 154 valence electrons. The van der Waals surface area contributed by atoms with E-state index in [-0.39, 0.29) is 34.5 Å². The minimum absolute atomic E-state index is 0.0237. The van der Waals surface area contributed by atoms with E-state index in [4.69, 9.17) is 4.74 Å². The molecule has 1 saturated heterocycles. The quantitative estimate of drug-likeness (QED) is 0.584. The number of thioether (sulfide) groups is 1. The lowest BCUT2D eigenvalue weighted by molar-refractivity contribution is -0.384. The molecule has 0 saturated carbocycles. The van der Waals surface area contributed by atoms with Crippen molar-refractivity contribution in [2.45, 2.75) is 43.6 Å². The highest BCUT2D eigenvalue weighted by molar-refractivity contribution is 8.00. The van der Waals surface area contributed by atoms with E-state index in [0.29, 0.717) is 36.4 Å². The molecule has 2 aromatic rings. The normalized spacial score (nSPS) is 23.7. The number of anilines is 1. The van der Waals surface area contributed by atoms with Crippen molar-refractivity contribution in [3.8, 4) is 0 Å². The summed E-state index contributed by atoms with van der Waals surface area (Å²) in [5.41, 5.74) is 0.369. The molecule has 1 fully saturated rings. The van der Waals surface area contributed by atoms with Gasteiger partial charge in [-0.1, -0.05) is 12.1 Å². The standard InChI is InChI=1S/C19H22N4O5S/c1-19(2)9-13(6-7-28-19)22-17-15(18(25)21-22)16(29-10-14(24)20-17)11-4-3-5-12(8-11)23(26)27/h3-5,8,13,16H,6-7,9-10H2,1-2H3,(H,20,24)(H,21,25)/t13-,16-/m0/s1. The number of ether oxygens (including phenoxy) is 1. The van der Waals surface area contributed by atoms with Gasteiger partial charge in [0.15, 0.2) is 0 Å². The van der Waals surface area contributed by atoms with Crippen LogP contribution in [-0.2, 0) is 9.53 Å². The van der Waals surface area contributed by atoms with Crippen LogP contribution in [0.2, 0.25) is 0 Å². The molecule has 0 radical (unpaired) electrons. The van der Waals surface area contributed by atoms with Crippen molar-refractivity contribution in [3.63, 3.8) is 0 Å². The first-order chi connectivity index (χ1) is 13.7. The molecule has 2 aliphatic heterocycles. The van der Waals surface area contributed by atoms with Crippen molar-refractivity contribution in [1.29, 1.82) is 0 Å². The number of fused-ring (bicyclic) bond motifs is 1. The summed E-state index contributed by atoms with van der Waals surface area (Å²) in [6.07, 6.45) is 1.40. The Morgan fingerprint density at radius 1 is 1.34 bits per heavy atom. The predicted octanol–water partition coefficient (Wildman–Crippen LogP) is 2.99. The van der Waals surface area contributed by atoms with Crippen LogP contribution in [0.3, 0.4) is 0 Å². The molecule has 10 heteroatoms. The maximum atomic E-state index is 12.9. The molecule has 2 N–H and O–H groups in total. The Kier molecular flexibility index (Phi) is 4.99. The second-order valence-electron chi connectivity index (χ2n) is 7.92. The van der Waals surface area contributed by atoms with Crippen molar-refractivity contribution in [2.24, 2.45) is 0 Å². The molecule has 2 atom stereocenters. The van der Waals surface area contributed by atoms with Crippen molar-refractivity contribution in [3.05, 3.63) is 55.9 Å². The Morgan fingerprint density at radius 2 is 2.14 bits per heavy atom. The lowest BCUT2D eigenvalue weighted by atomic mass is 9.94. The van der Waals surface area contributed by atoms with Crippen LogP contribution in [0.4, 0.5) is 11.5 Å². The summed E-state index contributed by atoms with van der Waals surface area (Å²) in [7, 11) is 0. The van der Waals surface area contributed by atoms with Gasteiger partial charge in [-0.15, -0.1) is 11.8 Å². The van der Waals surface area contributed by atoms with Crippen molar-refractivity contribution in [2.75, 3.05) is 17.7 Å². The summed E-state index contributed by atoms with van der Waals surface area (Å²) < 4.78 is 7.53. The van der Waals surface area contributed by atoms with Crippen LogP contribution >= 0.6 is 11.8 Å². The van der Waals surface area contributed by atoms with Gasteiger partial charge in [0.2, 0.25) is 5.91 Å². The highest BCUT2D eigenvalue weighted by atomic mass is 32.2. The number of carbonyl (C=O) groups excluding carboxylic acids is 1. The topological polar surface area (TPSA) is 119 Å². The van der Waals surface area contributed by atoms with Crippen LogP contribution in [0.15, 0.2) is 29.1 Å². The lowest BCUT2D eigenvalue weighted by Crippen LogP contribution is -2.36. The summed E-state index contributed by atoms with van der Waals surface area (Å²) in [4.78, 5) is 36.0. The zero-order chi connectivity index (χ0) is 20.8. The number of hydrogen-bond acceptors (Lipinski definition) is 6. The van der Waals surface area contributed by atoms with E-state index in [0.717, 1.165) is 0 Å². The van der Waals surface area contributed by atoms with E-state index in [1.807, 2.05) is 13.8 Å². The summed E-state index contributed by atoms with van der Waals surface area (Å²) in [6.45, 7) is 4.56. The molecule has 0 spiro atoms. The largest absolute Gasteiger partial charge is 0.375 e. The average Bonchev–Trinajstić information content (AvgIpc) is 2.87. The number of nitro benzene ring substituents is 1. The molecule has 1 aromatic carbocycles. The highest BCUT2D eigenvalue weighted by Gasteiger charge is 2.36. The summed E-state index contributed by atoms with van der Waals surface area (Å²) in [5, 5.41) is 16.5. The molecule has 29 heavy (non-hydrogen) atoms. The monoisotopic (exact) mass is 418 g/mol. The number of nitrogens with zero attached hydrogens (tertiary/aromatic N) is 2. The minimum atomic E-state index is -0.485. The molecule has 1 aromatic heterocycles. The number of nitrogens with one attached hydrogen (secondary N) is 2. The Morgan fingerprint density at radius 3 is 2.86 bits per heavy atom. The third-order valence-corrected chi connectivity index (χ3v) is 6.55. The van der Waals surface area contributed by atoms with Gasteiger partial charge in [0.1, 0.15) is 5.82 Å². The number of amides is 1. The number of carbonyl (C=O) groups is 1. The second kappa shape index (κ2) is 7.34. The summed E-state index contributed by atoms with van der Waals surface area (Å²) in [5.74, 6) is 0.397. The van der Waals surface area contributed by atoms with Gasteiger partial charge in [0, 0.05) is 18.7 Å². The predicted molar refractivity (Wildman–Crippen MR) is 109 cm³/mol. The van der Waals surface area contributed by atoms with Crippen molar-refractivity contribution >= 4 is 29.2 Å². The Hall–Kier alpha value is -2.59. The fraction of sp³-hybridized carbons (Fsp3) is 0.474. The average molecular weight is 418 g/mol. The molecule has 4 rings (SSSR count). The smallest absolute Gasteiger partial charge is 0.270 e. The Balaban J connectivity index is 1.81. The molecular weight excluding hydrogens is 396 g/mol. The van der Waals surface area contributed by atoms with E-state index in [9.17, 15) is 19.7 Å². The number of aromatic nitrogens is 2. The van der Waals surface area contributed by atoms with Crippen molar-refractivity contribution in [1.82, 2.24) is 9.78 Å². The van der Waals surface area contributed by atoms with Gasteiger partial charge in [-0.3, -0.25) is 29.5 Å². The van der Waals surface area contributed by atoms with Crippen LogP contribution in [0.25, 0.3) is 0 Å². The van der Waals surface area contributed by atoms with E-state index >= 15 is 0 Å². The molecule has 0 bridgehead atoms. The second-order valence-corrected chi connectivity index (χ2v) is 9.01. The fourth-order valence-electron chi connectivity index (χ4n) is 4.00. The first kappa shape index (κ1) is 19.7. The van der Waals surface area contributed by atoms with Gasteiger partial charge in [0.05, 0.1) is 33.1 Å².